The van der Waals surface area contributed by atoms with E-state index in [1.54, 1.807) is 0 Å². The Hall–Kier alpha value is -0.120. The van der Waals surface area contributed by atoms with Gasteiger partial charge in [0, 0.05) is 13.1 Å². The topological polar surface area (TPSA) is 32.5 Å². The van der Waals surface area contributed by atoms with Crippen LogP contribution in [0.2, 0.25) is 0 Å². The molecule has 0 aromatic carbocycles. The average Bonchev–Trinajstić information content (AvgIpc) is 2.38. The molecule has 2 N–H and O–H groups in total. The van der Waals surface area contributed by atoms with E-state index in [4.69, 9.17) is 5.73 Å². The molecule has 0 spiro atoms. The molecule has 0 aromatic heterocycles. The van der Waals surface area contributed by atoms with Gasteiger partial charge in [0.15, 0.2) is 0 Å². The Labute approximate surface area is 100.0 Å². The number of hydrogen-bond acceptors (Lipinski definition) is 3. The lowest BCUT2D eigenvalue weighted by atomic mass is 9.97. The van der Waals surface area contributed by atoms with Crippen molar-refractivity contribution in [2.75, 3.05) is 45.8 Å². The molecule has 0 bridgehead atoms. The molecular formula is C13H27N3. The molecule has 0 aromatic rings. The van der Waals surface area contributed by atoms with Crippen molar-refractivity contribution >= 4 is 0 Å². The van der Waals surface area contributed by atoms with Crippen LogP contribution < -0.4 is 5.73 Å². The summed E-state index contributed by atoms with van der Waals surface area (Å²) in [6.45, 7) is 8.66. The van der Waals surface area contributed by atoms with Crippen LogP contribution in [0.25, 0.3) is 0 Å². The summed E-state index contributed by atoms with van der Waals surface area (Å²) in [4.78, 5) is 5.26. The molecule has 0 aliphatic carbocycles. The molecule has 2 rings (SSSR count). The summed E-state index contributed by atoms with van der Waals surface area (Å²) >= 11 is 0. The van der Waals surface area contributed by atoms with Gasteiger partial charge in [-0.15, -0.1) is 0 Å². The second-order valence-electron chi connectivity index (χ2n) is 5.42. The lowest BCUT2D eigenvalue weighted by Gasteiger charge is -2.34. The van der Waals surface area contributed by atoms with E-state index in [0.717, 1.165) is 12.5 Å². The maximum absolute atomic E-state index is 5.71. The van der Waals surface area contributed by atoms with Crippen LogP contribution in [0.15, 0.2) is 0 Å². The maximum Gasteiger partial charge on any atom is 0.0109 e. The fourth-order valence-corrected chi connectivity index (χ4v) is 2.91. The molecule has 2 fully saturated rings. The molecule has 0 amide bonds. The number of nitrogens with zero attached hydrogens (tertiary/aromatic N) is 2. The highest BCUT2D eigenvalue weighted by molar-refractivity contribution is 4.74. The Balaban J connectivity index is 1.59. The van der Waals surface area contributed by atoms with Crippen LogP contribution in [0.5, 0.6) is 0 Å². The second kappa shape index (κ2) is 6.58. The first-order valence-corrected chi connectivity index (χ1v) is 7.03. The molecular weight excluding hydrogens is 198 g/mol. The van der Waals surface area contributed by atoms with Crippen molar-refractivity contribution in [1.29, 1.82) is 0 Å². The lowest BCUT2D eigenvalue weighted by Crippen LogP contribution is -2.42. The minimum atomic E-state index is 0.797. The molecule has 3 nitrogen and oxygen atoms in total. The zero-order valence-corrected chi connectivity index (χ0v) is 10.5. The van der Waals surface area contributed by atoms with Gasteiger partial charge in [-0.1, -0.05) is 6.42 Å². The fourth-order valence-electron chi connectivity index (χ4n) is 2.91. The highest BCUT2D eigenvalue weighted by Gasteiger charge is 2.18. The van der Waals surface area contributed by atoms with E-state index in [2.05, 4.69) is 9.80 Å². The van der Waals surface area contributed by atoms with Gasteiger partial charge in [-0.25, -0.2) is 0 Å². The molecule has 2 aliphatic heterocycles. The Morgan fingerprint density at radius 3 is 1.94 bits per heavy atom. The van der Waals surface area contributed by atoms with E-state index in [-0.39, 0.29) is 0 Å². The van der Waals surface area contributed by atoms with Crippen LogP contribution in [0.1, 0.15) is 32.1 Å². The average molecular weight is 225 g/mol. The third kappa shape index (κ3) is 3.72. The van der Waals surface area contributed by atoms with E-state index < -0.39 is 0 Å². The zero-order chi connectivity index (χ0) is 11.2. The van der Waals surface area contributed by atoms with Crippen molar-refractivity contribution in [3.63, 3.8) is 0 Å². The number of rotatable bonds is 4. The molecule has 0 atom stereocenters. The van der Waals surface area contributed by atoms with Crippen molar-refractivity contribution in [1.82, 2.24) is 9.80 Å². The third-order valence-corrected chi connectivity index (χ3v) is 4.22. The Kier molecular flexibility index (Phi) is 5.07. The first-order chi connectivity index (χ1) is 7.88. The minimum Gasteiger partial charge on any atom is -0.330 e. The molecule has 16 heavy (non-hydrogen) atoms. The number of hydrogen-bond donors (Lipinski definition) is 1. The van der Waals surface area contributed by atoms with E-state index in [1.165, 1.54) is 71.4 Å². The smallest absolute Gasteiger partial charge is 0.0109 e. The predicted molar refractivity (Wildman–Crippen MR) is 68.5 cm³/mol. The third-order valence-electron chi connectivity index (χ3n) is 4.22. The highest BCUT2D eigenvalue weighted by Crippen LogP contribution is 2.16. The van der Waals surface area contributed by atoms with Crippen LogP contribution in [-0.4, -0.2) is 55.6 Å². The van der Waals surface area contributed by atoms with Gasteiger partial charge in [0.05, 0.1) is 0 Å². The second-order valence-corrected chi connectivity index (χ2v) is 5.42. The molecule has 0 radical (unpaired) electrons. The van der Waals surface area contributed by atoms with E-state index in [9.17, 15) is 0 Å². The quantitative estimate of drug-likeness (QED) is 0.779. The van der Waals surface area contributed by atoms with Gasteiger partial charge in [-0.2, -0.15) is 0 Å². The van der Waals surface area contributed by atoms with Gasteiger partial charge < -0.3 is 15.5 Å². The van der Waals surface area contributed by atoms with Crippen molar-refractivity contribution in [2.45, 2.75) is 32.1 Å². The number of piperidine rings is 2. The van der Waals surface area contributed by atoms with Gasteiger partial charge in [-0.05, 0) is 64.3 Å². The summed E-state index contributed by atoms with van der Waals surface area (Å²) in [6.07, 6.45) is 6.90. The van der Waals surface area contributed by atoms with Crippen LogP contribution in [-0.2, 0) is 0 Å². The Morgan fingerprint density at radius 1 is 0.812 bits per heavy atom. The minimum absolute atomic E-state index is 0.797. The summed E-state index contributed by atoms with van der Waals surface area (Å²) < 4.78 is 0. The highest BCUT2D eigenvalue weighted by atomic mass is 15.2. The van der Waals surface area contributed by atoms with E-state index in [1.807, 2.05) is 0 Å². The molecule has 94 valence electrons. The van der Waals surface area contributed by atoms with Crippen LogP contribution in [0.4, 0.5) is 0 Å². The van der Waals surface area contributed by atoms with Crippen molar-refractivity contribution < 1.29 is 0 Å². The molecule has 2 aliphatic rings. The monoisotopic (exact) mass is 225 g/mol. The Morgan fingerprint density at radius 2 is 1.38 bits per heavy atom. The standard InChI is InChI=1S/C13H27N3/c14-12-13-4-8-16(9-5-13)11-10-15-6-2-1-3-7-15/h13H,1-12,14H2. The predicted octanol–water partition coefficient (Wildman–Crippen LogP) is 1.14. The van der Waals surface area contributed by atoms with Crippen LogP contribution in [0.3, 0.4) is 0 Å². The fraction of sp³-hybridized carbons (Fsp3) is 1.00. The van der Waals surface area contributed by atoms with Gasteiger partial charge >= 0.3 is 0 Å². The van der Waals surface area contributed by atoms with Gasteiger partial charge in [0.25, 0.3) is 0 Å². The van der Waals surface area contributed by atoms with Gasteiger partial charge in [-0.3, -0.25) is 0 Å². The van der Waals surface area contributed by atoms with Gasteiger partial charge in [0.1, 0.15) is 0 Å². The van der Waals surface area contributed by atoms with Gasteiger partial charge in [0.2, 0.25) is 0 Å². The SMILES string of the molecule is NCC1CCN(CCN2CCCCC2)CC1. The summed E-state index contributed by atoms with van der Waals surface area (Å²) in [7, 11) is 0. The molecule has 2 saturated heterocycles. The first kappa shape index (κ1) is 12.3. The summed E-state index contributed by atoms with van der Waals surface area (Å²) in [5.74, 6) is 0.797. The zero-order valence-electron chi connectivity index (χ0n) is 10.5. The molecule has 0 saturated carbocycles. The molecule has 0 unspecified atom stereocenters. The summed E-state index contributed by atoms with van der Waals surface area (Å²) in [6, 6.07) is 0. The van der Waals surface area contributed by atoms with Crippen LogP contribution >= 0.6 is 0 Å². The van der Waals surface area contributed by atoms with E-state index >= 15 is 0 Å². The molecule has 3 heteroatoms. The summed E-state index contributed by atoms with van der Waals surface area (Å²) in [5.41, 5.74) is 5.71. The van der Waals surface area contributed by atoms with E-state index in [0.29, 0.717) is 0 Å². The number of likely N-dealkylation sites (tertiary alicyclic amines) is 2. The molecule has 2 heterocycles. The normalized spacial score (nSPS) is 26.1. The van der Waals surface area contributed by atoms with Crippen molar-refractivity contribution in [2.24, 2.45) is 11.7 Å². The Bertz CT molecular complexity index is 182. The summed E-state index contributed by atoms with van der Waals surface area (Å²) in [5, 5.41) is 0. The maximum atomic E-state index is 5.71. The first-order valence-electron chi connectivity index (χ1n) is 7.03. The van der Waals surface area contributed by atoms with Crippen molar-refractivity contribution in [3.8, 4) is 0 Å². The lowest BCUT2D eigenvalue weighted by molar-refractivity contribution is 0.147. The number of nitrogens with two attached hydrogens (primary N) is 1. The van der Waals surface area contributed by atoms with Crippen LogP contribution in [0, 0.1) is 5.92 Å². The van der Waals surface area contributed by atoms with Crippen molar-refractivity contribution in [3.05, 3.63) is 0 Å². The largest absolute Gasteiger partial charge is 0.330 e.